The highest BCUT2D eigenvalue weighted by Crippen LogP contribution is 2.25. The molecule has 8 heteroatoms. The molecule has 24 heavy (non-hydrogen) atoms. The summed E-state index contributed by atoms with van der Waals surface area (Å²) < 4.78 is 4.98. The lowest BCUT2D eigenvalue weighted by Crippen LogP contribution is -2.26. The molecule has 0 saturated heterocycles. The summed E-state index contributed by atoms with van der Waals surface area (Å²) in [6.07, 6.45) is -0.878. The Balaban J connectivity index is 1.74. The monoisotopic (exact) mass is 364 g/mol. The molecule has 6 nitrogen and oxygen atoms in total. The Morgan fingerprint density at radius 1 is 1.17 bits per heavy atom. The number of hydrogen-bond donors (Lipinski definition) is 1. The van der Waals surface area contributed by atoms with E-state index in [1.54, 1.807) is 24.3 Å². The van der Waals surface area contributed by atoms with Gasteiger partial charge >= 0.3 is 12.1 Å². The molecule has 0 spiro atoms. The van der Waals surface area contributed by atoms with Crippen molar-refractivity contribution in [2.24, 2.45) is 5.16 Å². The highest BCUT2D eigenvalue weighted by molar-refractivity contribution is 6.44. The molecule has 0 aromatic heterocycles. The van der Waals surface area contributed by atoms with Crippen LogP contribution in [0, 0.1) is 0 Å². The van der Waals surface area contributed by atoms with E-state index in [2.05, 4.69) is 10.5 Å². The van der Waals surface area contributed by atoms with Gasteiger partial charge in [0.2, 0.25) is 0 Å². The van der Waals surface area contributed by atoms with Gasteiger partial charge in [0.15, 0.2) is 5.71 Å². The van der Waals surface area contributed by atoms with Gasteiger partial charge in [-0.1, -0.05) is 52.6 Å². The molecule has 0 unspecified atom stereocenters. The van der Waals surface area contributed by atoms with Gasteiger partial charge in [-0.25, -0.2) is 9.59 Å². The smallest absolute Gasteiger partial charge is 0.437 e. The average molecular weight is 365 g/mol. The minimum Gasteiger partial charge on any atom is -0.456 e. The number of fused-ring (bicyclic) bond motifs is 1. The van der Waals surface area contributed by atoms with Crippen LogP contribution >= 0.6 is 23.2 Å². The summed E-state index contributed by atoms with van der Waals surface area (Å²) in [6, 6.07) is 11.6. The van der Waals surface area contributed by atoms with Crippen molar-refractivity contribution >= 4 is 46.7 Å². The number of nitrogens with zero attached hydrogens (tertiary/aromatic N) is 1. The summed E-state index contributed by atoms with van der Waals surface area (Å²) in [7, 11) is 0. The zero-order valence-corrected chi connectivity index (χ0v) is 13.6. The number of hydrogen-bond acceptors (Lipinski definition) is 5. The second-order valence-corrected chi connectivity index (χ2v) is 5.62. The van der Waals surface area contributed by atoms with Crippen molar-refractivity contribution in [2.75, 3.05) is 5.32 Å². The molecule has 0 atom stereocenters. The van der Waals surface area contributed by atoms with Crippen molar-refractivity contribution in [1.29, 1.82) is 0 Å². The van der Waals surface area contributed by atoms with E-state index in [4.69, 9.17) is 32.8 Å². The van der Waals surface area contributed by atoms with Crippen molar-refractivity contribution in [1.82, 2.24) is 0 Å². The summed E-state index contributed by atoms with van der Waals surface area (Å²) in [6.45, 7) is 0.156. The first-order valence-corrected chi connectivity index (χ1v) is 7.56. The van der Waals surface area contributed by atoms with Crippen LogP contribution in [0.3, 0.4) is 0 Å². The third kappa shape index (κ3) is 3.50. The standard InChI is InChI=1S/C16H10Cl2N2O4/c17-12-6-5-10(7-13(12)18)19-16(22)24-20-14-11-4-2-1-3-9(11)8-23-15(14)21/h1-7H,8H2,(H,19,22)/b20-14+. The number of carbonyl (C=O) groups excluding carboxylic acids is 2. The number of anilines is 1. The molecule has 0 fully saturated rings. The van der Waals surface area contributed by atoms with Gasteiger partial charge in [-0.15, -0.1) is 0 Å². The summed E-state index contributed by atoms with van der Waals surface area (Å²) in [5, 5.41) is 6.68. The Hall–Kier alpha value is -2.57. The van der Waals surface area contributed by atoms with Gasteiger partial charge < -0.3 is 4.74 Å². The molecule has 1 N–H and O–H groups in total. The van der Waals surface area contributed by atoms with Gasteiger partial charge in [-0.3, -0.25) is 10.2 Å². The fraction of sp³-hybridized carbons (Fsp3) is 0.0625. The van der Waals surface area contributed by atoms with Gasteiger partial charge in [0.05, 0.1) is 10.0 Å². The molecule has 2 aromatic rings. The van der Waals surface area contributed by atoms with Crippen LogP contribution in [0.15, 0.2) is 47.6 Å². The number of ether oxygens (including phenoxy) is 1. The number of oxime groups is 1. The molecule has 2 aromatic carbocycles. The first-order valence-electron chi connectivity index (χ1n) is 6.81. The van der Waals surface area contributed by atoms with Crippen molar-refractivity contribution in [3.05, 3.63) is 63.6 Å². The van der Waals surface area contributed by atoms with Crippen molar-refractivity contribution in [3.8, 4) is 0 Å². The number of nitrogens with one attached hydrogen (secondary N) is 1. The molecule has 1 aliphatic rings. The molecule has 122 valence electrons. The highest BCUT2D eigenvalue weighted by atomic mass is 35.5. The Labute approximate surface area is 146 Å². The van der Waals surface area contributed by atoms with Crippen LogP contribution in [0.5, 0.6) is 0 Å². The van der Waals surface area contributed by atoms with E-state index >= 15 is 0 Å². The Morgan fingerprint density at radius 3 is 2.75 bits per heavy atom. The zero-order chi connectivity index (χ0) is 17.1. The van der Waals surface area contributed by atoms with Crippen LogP contribution in [-0.2, 0) is 21.0 Å². The summed E-state index contributed by atoms with van der Waals surface area (Å²) >= 11 is 11.7. The van der Waals surface area contributed by atoms with Gasteiger partial charge in [-0.2, -0.15) is 0 Å². The largest absolute Gasteiger partial charge is 0.456 e. The van der Waals surface area contributed by atoms with E-state index < -0.39 is 12.1 Å². The average Bonchev–Trinajstić information content (AvgIpc) is 2.57. The number of carbonyl (C=O) groups is 2. The van der Waals surface area contributed by atoms with Crippen molar-refractivity contribution < 1.29 is 19.2 Å². The third-order valence-corrected chi connectivity index (χ3v) is 3.95. The Bertz CT molecular complexity index is 852. The van der Waals surface area contributed by atoms with E-state index in [1.165, 1.54) is 12.1 Å². The first kappa shape index (κ1) is 16.3. The minimum absolute atomic E-state index is 0.0684. The predicted octanol–water partition coefficient (Wildman–Crippen LogP) is 4.00. The second-order valence-electron chi connectivity index (χ2n) is 4.81. The third-order valence-electron chi connectivity index (χ3n) is 3.21. The van der Waals surface area contributed by atoms with Crippen LogP contribution in [0.4, 0.5) is 10.5 Å². The number of benzene rings is 2. The molecule has 1 aliphatic heterocycles. The molecule has 3 rings (SSSR count). The van der Waals surface area contributed by atoms with Crippen LogP contribution < -0.4 is 5.32 Å². The van der Waals surface area contributed by atoms with E-state index in [0.717, 1.165) is 5.56 Å². The molecule has 1 heterocycles. The molecule has 0 bridgehead atoms. The number of halogens is 2. The summed E-state index contributed by atoms with van der Waals surface area (Å²) in [5.74, 6) is -0.656. The fourth-order valence-electron chi connectivity index (χ4n) is 2.09. The maximum Gasteiger partial charge on any atom is 0.437 e. The number of rotatable bonds is 2. The van der Waals surface area contributed by atoms with Crippen LogP contribution in [0.25, 0.3) is 0 Å². The Morgan fingerprint density at radius 2 is 1.96 bits per heavy atom. The van der Waals surface area contributed by atoms with Gasteiger partial charge in [-0.05, 0) is 23.8 Å². The van der Waals surface area contributed by atoms with Crippen LogP contribution in [0.2, 0.25) is 10.0 Å². The Kier molecular flexibility index (Phi) is 4.69. The fourth-order valence-corrected chi connectivity index (χ4v) is 2.38. The lowest BCUT2D eigenvalue weighted by Gasteiger charge is -2.16. The summed E-state index contributed by atoms with van der Waals surface area (Å²) in [5.41, 5.74) is 1.66. The second kappa shape index (κ2) is 6.90. The van der Waals surface area contributed by atoms with Crippen molar-refractivity contribution in [3.63, 3.8) is 0 Å². The lowest BCUT2D eigenvalue weighted by molar-refractivity contribution is -0.137. The summed E-state index contributed by atoms with van der Waals surface area (Å²) in [4.78, 5) is 28.4. The number of esters is 1. The zero-order valence-electron chi connectivity index (χ0n) is 12.1. The maximum absolute atomic E-state index is 11.8. The molecule has 0 saturated carbocycles. The van der Waals surface area contributed by atoms with Gasteiger partial charge in [0.25, 0.3) is 0 Å². The SMILES string of the molecule is O=C(Nc1ccc(Cl)c(Cl)c1)O/N=C1/C(=O)OCc2ccccc21. The van der Waals surface area contributed by atoms with E-state index in [1.807, 2.05) is 6.07 Å². The molecule has 1 amide bonds. The maximum atomic E-state index is 11.8. The first-order chi connectivity index (χ1) is 11.5. The molecular formula is C16H10Cl2N2O4. The molecule has 0 radical (unpaired) electrons. The minimum atomic E-state index is -0.878. The van der Waals surface area contributed by atoms with E-state index in [9.17, 15) is 9.59 Å². The topological polar surface area (TPSA) is 77.0 Å². The quantitative estimate of drug-likeness (QED) is 0.496. The van der Waals surface area contributed by atoms with Crippen molar-refractivity contribution in [2.45, 2.75) is 6.61 Å². The molecule has 0 aliphatic carbocycles. The normalized spacial score (nSPS) is 14.8. The molecular weight excluding hydrogens is 355 g/mol. The highest BCUT2D eigenvalue weighted by Gasteiger charge is 2.25. The van der Waals surface area contributed by atoms with E-state index in [-0.39, 0.29) is 17.3 Å². The van der Waals surface area contributed by atoms with Gasteiger partial charge in [0.1, 0.15) is 6.61 Å². The van der Waals surface area contributed by atoms with E-state index in [0.29, 0.717) is 16.3 Å². The predicted molar refractivity (Wildman–Crippen MR) is 89.3 cm³/mol. The van der Waals surface area contributed by atoms with Gasteiger partial charge in [0, 0.05) is 11.3 Å². The van der Waals surface area contributed by atoms with Crippen LogP contribution in [0.1, 0.15) is 11.1 Å². The van der Waals surface area contributed by atoms with Crippen LogP contribution in [-0.4, -0.2) is 17.8 Å². The number of cyclic esters (lactones) is 1. The number of amides is 1. The lowest BCUT2D eigenvalue weighted by atomic mass is 10.0.